The number of hydrogen-bond donors (Lipinski definition) is 0. The van der Waals surface area contributed by atoms with E-state index in [2.05, 4.69) is 20.7 Å². The number of benzene rings is 1. The Balaban J connectivity index is 3.35. The van der Waals surface area contributed by atoms with Gasteiger partial charge in [0.2, 0.25) is 0 Å². The van der Waals surface area contributed by atoms with Crippen LogP contribution in [0, 0.1) is 11.3 Å². The summed E-state index contributed by atoms with van der Waals surface area (Å²) >= 11 is 2.99. The molecule has 90 valence electrons. The third kappa shape index (κ3) is 3.01. The number of rotatable bonds is 3. The van der Waals surface area contributed by atoms with Crippen LogP contribution < -0.4 is 0 Å². The van der Waals surface area contributed by atoms with E-state index < -0.39 is 18.0 Å². The second-order valence-corrected chi connectivity index (χ2v) is 3.91. The quantitative estimate of drug-likeness (QED) is 0.804. The molecule has 17 heavy (non-hydrogen) atoms. The molecule has 0 bridgehead atoms. The minimum absolute atomic E-state index is 0.0828. The van der Waals surface area contributed by atoms with Gasteiger partial charge in [-0.2, -0.15) is 5.26 Å². The Morgan fingerprint density at radius 2 is 2.24 bits per heavy atom. The van der Waals surface area contributed by atoms with Crippen LogP contribution in [0.5, 0.6) is 0 Å². The molecular formula is C11H8BrF2NO2. The highest BCUT2D eigenvalue weighted by atomic mass is 79.9. The zero-order chi connectivity index (χ0) is 13.0. The lowest BCUT2D eigenvalue weighted by Gasteiger charge is -2.09. The van der Waals surface area contributed by atoms with E-state index in [-0.39, 0.29) is 22.2 Å². The molecule has 0 saturated carbocycles. The molecule has 3 nitrogen and oxygen atoms in total. The molecule has 0 aliphatic carbocycles. The second-order valence-electron chi connectivity index (χ2n) is 3.05. The summed E-state index contributed by atoms with van der Waals surface area (Å²) in [5, 5.41) is 8.76. The largest absolute Gasteiger partial charge is 0.462 e. The van der Waals surface area contributed by atoms with Crippen LogP contribution >= 0.6 is 15.9 Å². The highest BCUT2D eigenvalue weighted by molar-refractivity contribution is 9.10. The van der Waals surface area contributed by atoms with Crippen molar-refractivity contribution in [2.24, 2.45) is 0 Å². The van der Waals surface area contributed by atoms with Crippen molar-refractivity contribution in [1.29, 1.82) is 5.26 Å². The number of esters is 1. The molecule has 0 amide bonds. The molecule has 6 heteroatoms. The van der Waals surface area contributed by atoms with Gasteiger partial charge in [-0.25, -0.2) is 13.6 Å². The lowest BCUT2D eigenvalue weighted by molar-refractivity contribution is 0.0515. The molecule has 1 aromatic carbocycles. The fourth-order valence-corrected chi connectivity index (χ4v) is 1.69. The number of hydrogen-bond acceptors (Lipinski definition) is 3. The zero-order valence-electron chi connectivity index (χ0n) is 8.84. The summed E-state index contributed by atoms with van der Waals surface area (Å²) in [7, 11) is 0. The Morgan fingerprint density at radius 3 is 2.71 bits per heavy atom. The van der Waals surface area contributed by atoms with Gasteiger partial charge >= 0.3 is 5.97 Å². The fourth-order valence-electron chi connectivity index (χ4n) is 1.24. The Kier molecular flexibility index (Phi) is 4.58. The summed E-state index contributed by atoms with van der Waals surface area (Å²) in [5.41, 5.74) is -0.617. The van der Waals surface area contributed by atoms with Crippen LogP contribution in [-0.4, -0.2) is 12.6 Å². The fraction of sp³-hybridized carbons (Fsp3) is 0.273. The first-order valence-electron chi connectivity index (χ1n) is 4.70. The Labute approximate surface area is 105 Å². The zero-order valence-corrected chi connectivity index (χ0v) is 10.4. The van der Waals surface area contributed by atoms with E-state index in [1.807, 2.05) is 0 Å². The standard InChI is InChI=1S/C11H8BrF2NO2/c1-2-17-11(16)8-3-6(5-15)9(12)4-7(8)10(13)14/h3-4,10H,2H2,1H3. The van der Waals surface area contributed by atoms with Gasteiger partial charge in [0.1, 0.15) is 6.07 Å². The third-order valence-corrected chi connectivity index (χ3v) is 2.65. The van der Waals surface area contributed by atoms with Crippen molar-refractivity contribution in [2.75, 3.05) is 6.61 Å². The van der Waals surface area contributed by atoms with Crippen molar-refractivity contribution in [3.05, 3.63) is 33.3 Å². The maximum atomic E-state index is 12.7. The molecule has 1 rings (SSSR count). The van der Waals surface area contributed by atoms with E-state index in [1.54, 1.807) is 13.0 Å². The molecular weight excluding hydrogens is 296 g/mol. The maximum absolute atomic E-state index is 12.7. The smallest absolute Gasteiger partial charge is 0.338 e. The number of ether oxygens (including phenoxy) is 1. The first-order chi connectivity index (χ1) is 8.01. The molecule has 0 unspecified atom stereocenters. The van der Waals surface area contributed by atoms with E-state index in [0.29, 0.717) is 0 Å². The predicted molar refractivity (Wildman–Crippen MR) is 59.8 cm³/mol. The van der Waals surface area contributed by atoms with Crippen molar-refractivity contribution < 1.29 is 18.3 Å². The lowest BCUT2D eigenvalue weighted by atomic mass is 10.0. The molecule has 0 N–H and O–H groups in total. The van der Waals surface area contributed by atoms with E-state index in [4.69, 9.17) is 5.26 Å². The van der Waals surface area contributed by atoms with Crippen LogP contribution in [0.15, 0.2) is 16.6 Å². The number of nitrogens with zero attached hydrogens (tertiary/aromatic N) is 1. The monoisotopic (exact) mass is 303 g/mol. The van der Waals surface area contributed by atoms with Gasteiger partial charge in [-0.05, 0) is 35.0 Å². The van der Waals surface area contributed by atoms with E-state index >= 15 is 0 Å². The maximum Gasteiger partial charge on any atom is 0.338 e. The van der Waals surface area contributed by atoms with Crippen LogP contribution in [0.2, 0.25) is 0 Å². The van der Waals surface area contributed by atoms with Gasteiger partial charge in [0, 0.05) is 10.0 Å². The molecule has 1 aromatic rings. The first-order valence-corrected chi connectivity index (χ1v) is 5.49. The average molecular weight is 304 g/mol. The lowest BCUT2D eigenvalue weighted by Crippen LogP contribution is -2.09. The van der Waals surface area contributed by atoms with Crippen molar-refractivity contribution >= 4 is 21.9 Å². The van der Waals surface area contributed by atoms with Crippen molar-refractivity contribution in [3.8, 4) is 6.07 Å². The van der Waals surface area contributed by atoms with Gasteiger partial charge < -0.3 is 4.74 Å². The first kappa shape index (κ1) is 13.6. The number of carbonyl (C=O) groups is 1. The van der Waals surface area contributed by atoms with Gasteiger partial charge in [0.05, 0.1) is 17.7 Å². The normalized spacial score (nSPS) is 10.1. The SMILES string of the molecule is CCOC(=O)c1cc(C#N)c(Br)cc1C(F)F. The molecule has 0 spiro atoms. The minimum Gasteiger partial charge on any atom is -0.462 e. The number of alkyl halides is 2. The number of nitriles is 1. The molecule has 0 aromatic heterocycles. The van der Waals surface area contributed by atoms with Crippen LogP contribution in [-0.2, 0) is 4.74 Å². The van der Waals surface area contributed by atoms with Crippen LogP contribution in [0.1, 0.15) is 34.8 Å². The molecule has 0 radical (unpaired) electrons. The van der Waals surface area contributed by atoms with Gasteiger partial charge in [0.15, 0.2) is 0 Å². The highest BCUT2D eigenvalue weighted by Gasteiger charge is 2.21. The Hall–Kier alpha value is -1.48. The topological polar surface area (TPSA) is 50.1 Å². The number of carbonyl (C=O) groups excluding carboxylic acids is 1. The minimum atomic E-state index is -2.81. The Bertz CT molecular complexity index is 483. The van der Waals surface area contributed by atoms with E-state index in [1.165, 1.54) is 0 Å². The Morgan fingerprint density at radius 1 is 1.59 bits per heavy atom. The summed E-state index contributed by atoms with van der Waals surface area (Å²) in [6.45, 7) is 1.66. The van der Waals surface area contributed by atoms with Crippen LogP contribution in [0.3, 0.4) is 0 Å². The molecule has 0 heterocycles. The number of halogens is 3. The van der Waals surface area contributed by atoms with Crippen molar-refractivity contribution in [2.45, 2.75) is 13.3 Å². The molecule has 0 saturated heterocycles. The summed E-state index contributed by atoms with van der Waals surface area (Å²) in [4.78, 5) is 11.5. The van der Waals surface area contributed by atoms with Gasteiger partial charge in [-0.15, -0.1) is 0 Å². The highest BCUT2D eigenvalue weighted by Crippen LogP contribution is 2.29. The van der Waals surface area contributed by atoms with E-state index in [9.17, 15) is 13.6 Å². The van der Waals surface area contributed by atoms with Crippen LogP contribution in [0.25, 0.3) is 0 Å². The van der Waals surface area contributed by atoms with Gasteiger partial charge in [0.25, 0.3) is 6.43 Å². The van der Waals surface area contributed by atoms with E-state index in [0.717, 1.165) is 12.1 Å². The molecule has 0 aliphatic heterocycles. The summed E-state index contributed by atoms with van der Waals surface area (Å²) < 4.78 is 30.4. The van der Waals surface area contributed by atoms with Gasteiger partial charge in [-0.1, -0.05) is 0 Å². The second kappa shape index (κ2) is 5.73. The van der Waals surface area contributed by atoms with Crippen molar-refractivity contribution in [3.63, 3.8) is 0 Å². The third-order valence-electron chi connectivity index (χ3n) is 1.99. The molecule has 0 aliphatic rings. The van der Waals surface area contributed by atoms with Gasteiger partial charge in [-0.3, -0.25) is 0 Å². The summed E-state index contributed by atoms with van der Waals surface area (Å²) in [6, 6.07) is 3.96. The van der Waals surface area contributed by atoms with Crippen molar-refractivity contribution in [1.82, 2.24) is 0 Å². The predicted octanol–water partition coefficient (Wildman–Crippen LogP) is 3.44. The average Bonchev–Trinajstić information content (AvgIpc) is 2.28. The van der Waals surface area contributed by atoms with Crippen LogP contribution in [0.4, 0.5) is 8.78 Å². The summed E-state index contributed by atoms with van der Waals surface area (Å²) in [6.07, 6.45) is -2.81. The molecule has 0 atom stereocenters. The summed E-state index contributed by atoms with van der Waals surface area (Å²) in [5.74, 6) is -0.855. The molecule has 0 fully saturated rings.